The minimum atomic E-state index is -0.106. The molecule has 25 aromatic rings. The Kier molecular flexibility index (Phi) is 16.6. The number of thiophene rings is 1. The van der Waals surface area contributed by atoms with Crippen LogP contribution in [0.2, 0.25) is 0 Å². The van der Waals surface area contributed by atoms with Crippen molar-refractivity contribution < 1.29 is 0 Å². The van der Waals surface area contributed by atoms with Gasteiger partial charge in [-0.3, -0.25) is 9.13 Å². The number of benzene rings is 17. The molecule has 12 heteroatoms. The van der Waals surface area contributed by atoms with Crippen LogP contribution in [0.15, 0.2) is 406 Å². The second-order valence-corrected chi connectivity index (χ2v) is 33.2. The van der Waals surface area contributed by atoms with Crippen LogP contribution in [0.1, 0.15) is 25.0 Å². The third-order valence-corrected chi connectivity index (χ3v) is 25.9. The molecule has 0 N–H and O–H groups in total. The fraction of sp³-hybridized carbons (Fsp3) is 0.0270. The summed E-state index contributed by atoms with van der Waals surface area (Å²) in [7, 11) is 0. The Bertz CT molecular complexity index is 8140. The predicted octanol–water partition coefficient (Wildman–Crippen LogP) is 28.3. The lowest BCUT2D eigenvalue weighted by atomic mass is 9.82. The molecule has 0 atom stereocenters. The van der Waals surface area contributed by atoms with Gasteiger partial charge in [-0.05, 0) is 125 Å². The van der Waals surface area contributed by atoms with Crippen LogP contribution < -0.4 is 0 Å². The van der Waals surface area contributed by atoms with Crippen molar-refractivity contribution in [2.24, 2.45) is 0 Å². The van der Waals surface area contributed by atoms with Crippen molar-refractivity contribution in [3.05, 3.63) is 418 Å². The van der Waals surface area contributed by atoms with Gasteiger partial charge < -0.3 is 13.7 Å². The maximum atomic E-state index is 5.17. The smallest absolute Gasteiger partial charge is 0.238 e. The predicted molar refractivity (Wildman–Crippen MR) is 510 cm³/mol. The number of nitrogens with zero attached hydrogens (tertiary/aromatic N) is 11. The molecule has 8 aromatic heterocycles. The van der Waals surface area contributed by atoms with Gasteiger partial charge in [-0.25, -0.2) is 9.97 Å². The zero-order valence-electron chi connectivity index (χ0n) is 67.0. The van der Waals surface area contributed by atoms with E-state index in [0.29, 0.717) is 35.2 Å². The van der Waals surface area contributed by atoms with Crippen LogP contribution in [0.25, 0.3) is 215 Å². The summed E-state index contributed by atoms with van der Waals surface area (Å²) in [4.78, 5) is 30.4. The van der Waals surface area contributed by atoms with Crippen molar-refractivity contribution in [1.29, 1.82) is 0 Å². The third-order valence-electron chi connectivity index (χ3n) is 24.7. The van der Waals surface area contributed by atoms with Crippen LogP contribution in [0.4, 0.5) is 0 Å². The average Bonchev–Trinajstić information content (AvgIpc) is 1.55. The number of hydrogen-bond acceptors (Lipinski definition) is 7. The maximum absolute atomic E-state index is 5.17. The zero-order valence-corrected chi connectivity index (χ0v) is 67.8. The molecule has 578 valence electrons. The highest BCUT2D eigenvalue weighted by molar-refractivity contribution is 7.25. The summed E-state index contributed by atoms with van der Waals surface area (Å²) in [6.45, 7) is 4.64. The molecule has 0 bridgehead atoms. The number of hydrogen-bond donors (Lipinski definition) is 0. The molecule has 8 heterocycles. The van der Waals surface area contributed by atoms with Gasteiger partial charge in [0.05, 0.1) is 55.2 Å². The number of fused-ring (bicyclic) bond motifs is 22. The van der Waals surface area contributed by atoms with Gasteiger partial charge >= 0.3 is 0 Å². The van der Waals surface area contributed by atoms with Gasteiger partial charge in [0, 0.05) is 119 Å². The lowest BCUT2D eigenvalue weighted by Gasteiger charge is -2.21. The molecular weight excluding hydrogens is 1520 g/mol. The summed E-state index contributed by atoms with van der Waals surface area (Å²) >= 11 is 1.87. The van der Waals surface area contributed by atoms with E-state index in [9.17, 15) is 0 Å². The Labute approximate surface area is 710 Å². The normalized spacial score (nSPS) is 12.4. The first-order chi connectivity index (χ1) is 60.8. The van der Waals surface area contributed by atoms with E-state index in [0.717, 1.165) is 71.8 Å². The summed E-state index contributed by atoms with van der Waals surface area (Å²) in [5.41, 5.74) is 24.0. The summed E-state index contributed by atoms with van der Waals surface area (Å²) in [6, 6.07) is 144. The van der Waals surface area contributed by atoms with Crippen molar-refractivity contribution in [2.75, 3.05) is 0 Å². The monoisotopic (exact) mass is 1590 g/mol. The number of para-hydroxylation sites is 8. The molecule has 0 radical (unpaired) electrons. The van der Waals surface area contributed by atoms with Gasteiger partial charge in [-0.2, -0.15) is 19.9 Å². The fourth-order valence-electron chi connectivity index (χ4n) is 19.2. The molecule has 0 amide bonds. The molecule has 123 heavy (non-hydrogen) atoms. The fourth-order valence-corrected chi connectivity index (χ4v) is 20.2. The number of rotatable bonds is 9. The van der Waals surface area contributed by atoms with Crippen LogP contribution in [0.3, 0.4) is 0 Å². The Hall–Kier alpha value is -16.0. The molecular formula is C111H73N11S. The van der Waals surface area contributed by atoms with Gasteiger partial charge in [0.2, 0.25) is 11.9 Å². The summed E-state index contributed by atoms with van der Waals surface area (Å²) in [5.74, 6) is 3.79. The zero-order chi connectivity index (χ0) is 81.4. The van der Waals surface area contributed by atoms with Gasteiger partial charge in [0.25, 0.3) is 0 Å². The third kappa shape index (κ3) is 11.5. The lowest BCUT2D eigenvalue weighted by molar-refractivity contribution is 0.661. The Morgan fingerprint density at radius 1 is 0.203 bits per heavy atom. The van der Waals surface area contributed by atoms with E-state index in [1.807, 2.05) is 133 Å². The number of aromatic nitrogens is 11. The average molecular weight is 1590 g/mol. The molecule has 11 nitrogen and oxygen atoms in total. The Morgan fingerprint density at radius 2 is 0.520 bits per heavy atom. The molecule has 0 spiro atoms. The van der Waals surface area contributed by atoms with Gasteiger partial charge in [-0.15, -0.1) is 11.3 Å². The van der Waals surface area contributed by atoms with Crippen LogP contribution in [0.5, 0.6) is 0 Å². The molecule has 0 saturated heterocycles. The van der Waals surface area contributed by atoms with Crippen molar-refractivity contribution in [2.45, 2.75) is 19.3 Å². The van der Waals surface area contributed by atoms with Crippen molar-refractivity contribution in [1.82, 2.24) is 52.7 Å². The van der Waals surface area contributed by atoms with E-state index in [1.165, 1.54) is 119 Å². The van der Waals surface area contributed by atoms with Gasteiger partial charge in [0.15, 0.2) is 23.3 Å². The molecule has 0 saturated carbocycles. The summed E-state index contributed by atoms with van der Waals surface area (Å²) < 4.78 is 14.3. The quantitative estimate of drug-likeness (QED) is 0.143. The van der Waals surface area contributed by atoms with Crippen LogP contribution >= 0.6 is 11.3 Å². The van der Waals surface area contributed by atoms with Crippen molar-refractivity contribution in [3.8, 4) is 85.6 Å². The van der Waals surface area contributed by atoms with Crippen LogP contribution in [-0.4, -0.2) is 52.7 Å². The van der Waals surface area contributed by atoms with E-state index in [-0.39, 0.29) is 5.41 Å². The van der Waals surface area contributed by atoms with E-state index in [1.54, 1.807) is 0 Å². The Morgan fingerprint density at radius 3 is 0.935 bits per heavy atom. The highest BCUT2D eigenvalue weighted by atomic mass is 32.1. The van der Waals surface area contributed by atoms with Crippen molar-refractivity contribution in [3.63, 3.8) is 0 Å². The second-order valence-electron chi connectivity index (χ2n) is 32.1. The molecule has 26 rings (SSSR count). The van der Waals surface area contributed by atoms with Crippen molar-refractivity contribution >= 4 is 141 Å². The molecule has 17 aromatic carbocycles. The lowest BCUT2D eigenvalue weighted by Crippen LogP contribution is -2.15. The van der Waals surface area contributed by atoms with E-state index in [2.05, 4.69) is 322 Å². The topological polar surface area (TPSA) is 102 Å². The van der Waals surface area contributed by atoms with E-state index in [4.69, 9.17) is 29.9 Å². The SMILES string of the molecule is CC1(C)c2ccccc2-c2cc3c4ccccc4n(-c4nc(-c5ccccc5)nc(-c5ccccc5)n4)c3cc21.c1ccc(-c2nc(-c3ccccc3)nc(-n3c4ccccc4c4ccc5c6ccccc6n(-c6ccccc6)c5c43)n2)cc1.c1ccc2c(c1)c1ccccc1n2-c1ccc2sc3ccc(-n4c5ccccc5c5ccccc54)cc3c2c1. The first-order valence-corrected chi connectivity index (χ1v) is 42.5. The largest absolute Gasteiger partial charge is 0.309 e. The van der Waals surface area contributed by atoms with Gasteiger partial charge in [0.1, 0.15) is 0 Å². The van der Waals surface area contributed by atoms with Gasteiger partial charge in [-0.1, -0.05) is 317 Å². The van der Waals surface area contributed by atoms with Crippen LogP contribution in [0, 0.1) is 0 Å². The molecule has 1 aliphatic carbocycles. The van der Waals surface area contributed by atoms with Crippen LogP contribution in [-0.2, 0) is 5.41 Å². The maximum Gasteiger partial charge on any atom is 0.238 e. The highest BCUT2D eigenvalue weighted by Crippen LogP contribution is 2.52. The first kappa shape index (κ1) is 71.1. The molecule has 0 aliphatic heterocycles. The van der Waals surface area contributed by atoms with E-state index < -0.39 is 0 Å². The first-order valence-electron chi connectivity index (χ1n) is 41.7. The highest BCUT2D eigenvalue weighted by Gasteiger charge is 2.37. The summed E-state index contributed by atoms with van der Waals surface area (Å²) in [6.07, 6.45) is 0. The summed E-state index contributed by atoms with van der Waals surface area (Å²) in [5, 5.41) is 14.8. The molecule has 0 unspecified atom stereocenters. The molecule has 1 aliphatic rings. The minimum absolute atomic E-state index is 0.106. The minimum Gasteiger partial charge on any atom is -0.309 e. The second kappa shape index (κ2) is 28.6. The Balaban J connectivity index is 0.000000104. The molecule has 0 fully saturated rings. The van der Waals surface area contributed by atoms with E-state index >= 15 is 0 Å². The standard InChI is InChI=1S/C39H25N5.C36H26N4.C36H22N2S/c1-4-14-26(15-5-1)37-40-38(27-16-6-2-7-17-27)42-39(41-37)44-34-23-13-11-21-30(34)32-25-24-31-29-20-10-12-22-33(29)43(35(31)36(32)44)28-18-8-3-9-19-28;1-36(2)29-19-11-9-17-25(29)27-21-28-26-18-10-12-20-31(26)40(32(28)22-30(27)36)35-38-33(23-13-5-3-6-14-23)37-34(39-35)24-15-7-4-8-16-24;1-5-13-31-25(9-1)26-10-2-6-14-32(26)37(31)23-17-19-35-29(21-23)30-22-24(18-20-36(30)39-35)38-33-15-7-3-11-27(33)28-12-4-8-16-34(28)38/h1-25H;3-22H,1-2H3;1-22H.